The highest BCUT2D eigenvalue weighted by Crippen LogP contribution is 2.36. The Labute approximate surface area is 195 Å². The molecule has 176 valence electrons. The molecule has 33 heavy (non-hydrogen) atoms. The fourth-order valence-electron chi connectivity index (χ4n) is 3.79. The predicted molar refractivity (Wildman–Crippen MR) is 124 cm³/mol. The number of benzene rings is 2. The van der Waals surface area contributed by atoms with Crippen molar-refractivity contribution < 1.29 is 23.1 Å². The van der Waals surface area contributed by atoms with Crippen molar-refractivity contribution in [1.29, 1.82) is 5.26 Å². The number of hydrogen-bond acceptors (Lipinski definition) is 6. The summed E-state index contributed by atoms with van der Waals surface area (Å²) in [5.41, 5.74) is 1.95. The molecule has 0 spiro atoms. The van der Waals surface area contributed by atoms with Gasteiger partial charge in [0.2, 0.25) is 15.9 Å². The van der Waals surface area contributed by atoms with Crippen LogP contribution in [-0.2, 0) is 14.8 Å². The van der Waals surface area contributed by atoms with E-state index in [4.69, 9.17) is 4.74 Å². The molecular formula is C24H29N3O5S. The number of aliphatic hydroxyl groups excluding tert-OH is 1. The molecule has 0 bridgehead atoms. The van der Waals surface area contributed by atoms with Crippen LogP contribution in [-0.4, -0.2) is 67.5 Å². The number of aliphatic hydroxyl groups is 1. The summed E-state index contributed by atoms with van der Waals surface area (Å²) in [6.45, 7) is 5.10. The smallest absolute Gasteiger partial charge is 0.247 e. The van der Waals surface area contributed by atoms with E-state index in [1.165, 1.54) is 22.2 Å². The van der Waals surface area contributed by atoms with Gasteiger partial charge in [-0.15, -0.1) is 0 Å². The third-order valence-electron chi connectivity index (χ3n) is 5.98. The van der Waals surface area contributed by atoms with Crippen molar-refractivity contribution in [2.75, 3.05) is 26.7 Å². The van der Waals surface area contributed by atoms with Gasteiger partial charge in [-0.05, 0) is 42.3 Å². The highest BCUT2D eigenvalue weighted by molar-refractivity contribution is 7.89. The second-order valence-corrected chi connectivity index (χ2v) is 10.4. The van der Waals surface area contributed by atoms with E-state index in [0.29, 0.717) is 11.1 Å². The lowest BCUT2D eigenvalue weighted by atomic mass is 10.0. The summed E-state index contributed by atoms with van der Waals surface area (Å²) in [4.78, 5) is 13.4. The average molecular weight is 472 g/mol. The molecule has 0 saturated carbocycles. The van der Waals surface area contributed by atoms with Gasteiger partial charge in [-0.25, -0.2) is 8.42 Å². The molecule has 0 unspecified atom stereocenters. The van der Waals surface area contributed by atoms with Gasteiger partial charge in [0.05, 0.1) is 24.8 Å². The van der Waals surface area contributed by atoms with E-state index in [1.807, 2.05) is 13.0 Å². The van der Waals surface area contributed by atoms with Gasteiger partial charge >= 0.3 is 0 Å². The summed E-state index contributed by atoms with van der Waals surface area (Å²) in [5.74, 6) is -0.198. The van der Waals surface area contributed by atoms with E-state index < -0.39 is 22.2 Å². The molecular weight excluding hydrogens is 442 g/mol. The Morgan fingerprint density at radius 3 is 2.64 bits per heavy atom. The predicted octanol–water partition coefficient (Wildman–Crippen LogP) is 2.47. The minimum atomic E-state index is -3.95. The number of carbonyl (C=O) groups is 1. The minimum absolute atomic E-state index is 0.00497. The first-order valence-electron chi connectivity index (χ1n) is 10.7. The molecule has 1 N–H and O–H groups in total. The van der Waals surface area contributed by atoms with Crippen molar-refractivity contribution in [3.63, 3.8) is 0 Å². The van der Waals surface area contributed by atoms with Crippen LogP contribution >= 0.6 is 0 Å². The number of ether oxygens (including phenoxy) is 1. The number of hydrogen-bond donors (Lipinski definition) is 1. The Morgan fingerprint density at radius 1 is 1.30 bits per heavy atom. The number of amides is 1. The maximum Gasteiger partial charge on any atom is 0.247 e. The number of sulfonamides is 1. The molecule has 0 saturated heterocycles. The second-order valence-electron chi connectivity index (χ2n) is 8.49. The van der Waals surface area contributed by atoms with E-state index >= 15 is 0 Å². The number of likely N-dealkylation sites (N-methyl/N-ethyl adjacent to an activating group) is 1. The van der Waals surface area contributed by atoms with Gasteiger partial charge in [0.1, 0.15) is 16.7 Å². The van der Waals surface area contributed by atoms with E-state index in [9.17, 15) is 23.6 Å². The molecule has 8 nitrogen and oxygen atoms in total. The molecule has 2 aromatic carbocycles. The van der Waals surface area contributed by atoms with Gasteiger partial charge in [0.15, 0.2) is 0 Å². The van der Waals surface area contributed by atoms with Crippen LogP contribution in [0.3, 0.4) is 0 Å². The standard InChI is InChI=1S/C24H29N3O5S/c1-16-13-27(17(2)15-28)33(30,31)24-9-8-21(20-7-5-6-19(10-20)12-25)11-22(24)32-23(16)14-26(4)18(3)29/h5-11,16-17,23,28H,13-15H2,1-4H3/t16-,17-,23+/m0/s1. The molecule has 0 fully saturated rings. The molecule has 1 amide bonds. The monoisotopic (exact) mass is 471 g/mol. The molecule has 3 rings (SSSR count). The summed E-state index contributed by atoms with van der Waals surface area (Å²) in [5, 5.41) is 18.9. The van der Waals surface area contributed by atoms with Gasteiger partial charge in [-0.1, -0.05) is 25.1 Å². The topological polar surface area (TPSA) is 111 Å². The Kier molecular flexibility index (Phi) is 7.42. The molecule has 2 aromatic rings. The molecule has 1 aliphatic heterocycles. The maximum atomic E-state index is 13.5. The van der Waals surface area contributed by atoms with Crippen molar-refractivity contribution in [2.45, 2.75) is 37.8 Å². The Balaban J connectivity index is 2.15. The van der Waals surface area contributed by atoms with Gasteiger partial charge in [0.25, 0.3) is 0 Å². The summed E-state index contributed by atoms with van der Waals surface area (Å²) in [6, 6.07) is 13.3. The number of fused-ring (bicyclic) bond motifs is 1. The summed E-state index contributed by atoms with van der Waals surface area (Å²) in [7, 11) is -2.28. The average Bonchev–Trinajstić information content (AvgIpc) is 2.80. The van der Waals surface area contributed by atoms with Crippen LogP contribution in [0.25, 0.3) is 11.1 Å². The van der Waals surface area contributed by atoms with Gasteiger partial charge < -0.3 is 14.7 Å². The van der Waals surface area contributed by atoms with Crippen LogP contribution in [0.1, 0.15) is 26.3 Å². The van der Waals surface area contributed by atoms with Crippen molar-refractivity contribution in [1.82, 2.24) is 9.21 Å². The van der Waals surface area contributed by atoms with Crippen LogP contribution < -0.4 is 4.74 Å². The van der Waals surface area contributed by atoms with E-state index in [2.05, 4.69) is 6.07 Å². The second kappa shape index (κ2) is 9.91. The van der Waals surface area contributed by atoms with Crippen LogP contribution in [0.15, 0.2) is 47.4 Å². The van der Waals surface area contributed by atoms with Crippen molar-refractivity contribution >= 4 is 15.9 Å². The van der Waals surface area contributed by atoms with Crippen LogP contribution in [0.5, 0.6) is 5.75 Å². The molecule has 9 heteroatoms. The van der Waals surface area contributed by atoms with Crippen LogP contribution in [0.4, 0.5) is 0 Å². The van der Waals surface area contributed by atoms with Crippen molar-refractivity contribution in [3.05, 3.63) is 48.0 Å². The number of rotatable bonds is 5. The summed E-state index contributed by atoms with van der Waals surface area (Å²) in [6.07, 6.45) is -0.470. The molecule has 3 atom stereocenters. The lowest BCUT2D eigenvalue weighted by Gasteiger charge is -2.37. The third kappa shape index (κ3) is 5.19. The molecule has 1 heterocycles. The first-order valence-corrected chi connectivity index (χ1v) is 12.2. The molecule has 1 aliphatic rings. The molecule has 0 radical (unpaired) electrons. The van der Waals surface area contributed by atoms with E-state index in [1.54, 1.807) is 44.3 Å². The van der Waals surface area contributed by atoms with Crippen LogP contribution in [0.2, 0.25) is 0 Å². The Hall–Kier alpha value is -2.93. The first-order chi connectivity index (χ1) is 15.6. The fourth-order valence-corrected chi connectivity index (χ4v) is 5.62. The number of carbonyl (C=O) groups excluding carboxylic acids is 1. The van der Waals surface area contributed by atoms with Crippen molar-refractivity contribution in [2.24, 2.45) is 5.92 Å². The zero-order valence-corrected chi connectivity index (χ0v) is 20.0. The first kappa shape index (κ1) is 24.7. The quantitative estimate of drug-likeness (QED) is 0.717. The van der Waals surface area contributed by atoms with Crippen LogP contribution in [0, 0.1) is 17.2 Å². The summed E-state index contributed by atoms with van der Waals surface area (Å²) < 4.78 is 34.6. The SMILES string of the molecule is CC(=O)N(C)C[C@H]1Oc2cc(-c3cccc(C#N)c3)ccc2S(=O)(=O)N([C@@H](C)CO)C[C@@H]1C. The number of nitriles is 1. The van der Waals surface area contributed by atoms with Crippen molar-refractivity contribution in [3.8, 4) is 22.9 Å². The lowest BCUT2D eigenvalue weighted by Crippen LogP contribution is -2.50. The lowest BCUT2D eigenvalue weighted by molar-refractivity contribution is -0.129. The van der Waals surface area contributed by atoms with E-state index in [-0.39, 0.29) is 42.2 Å². The third-order valence-corrected chi connectivity index (χ3v) is 8.00. The minimum Gasteiger partial charge on any atom is -0.487 e. The van der Waals surface area contributed by atoms with Gasteiger partial charge in [-0.3, -0.25) is 4.79 Å². The number of nitrogens with zero attached hydrogens (tertiary/aromatic N) is 3. The van der Waals surface area contributed by atoms with Gasteiger partial charge in [-0.2, -0.15) is 9.57 Å². The Morgan fingerprint density at radius 2 is 2.00 bits per heavy atom. The maximum absolute atomic E-state index is 13.5. The van der Waals surface area contributed by atoms with Gasteiger partial charge in [0, 0.05) is 32.5 Å². The highest BCUT2D eigenvalue weighted by atomic mass is 32.2. The highest BCUT2D eigenvalue weighted by Gasteiger charge is 2.38. The fraction of sp³-hybridized carbons (Fsp3) is 0.417. The molecule has 0 aromatic heterocycles. The molecule has 0 aliphatic carbocycles. The Bertz CT molecular complexity index is 1170. The van der Waals surface area contributed by atoms with E-state index in [0.717, 1.165) is 5.56 Å². The summed E-state index contributed by atoms with van der Waals surface area (Å²) >= 11 is 0. The zero-order valence-electron chi connectivity index (χ0n) is 19.2. The normalized spacial score (nSPS) is 21.0. The largest absolute Gasteiger partial charge is 0.487 e. The zero-order chi connectivity index (χ0) is 24.3.